The first-order chi connectivity index (χ1) is 25.2. The van der Waals surface area contributed by atoms with E-state index in [0.29, 0.717) is 42.3 Å². The number of carbonyl (C=O) groups is 3. The number of anilines is 3. The van der Waals surface area contributed by atoms with Crippen molar-refractivity contribution in [1.29, 1.82) is 0 Å². The Hall–Kier alpha value is -5.02. The molecule has 4 rings (SSSR count). The number of hydrogen-bond donors (Lipinski definition) is 4. The van der Waals surface area contributed by atoms with Gasteiger partial charge in [0.2, 0.25) is 0 Å². The van der Waals surface area contributed by atoms with E-state index in [1.165, 1.54) is 21.9 Å². The first-order valence-corrected chi connectivity index (χ1v) is 17.4. The molecule has 1 heterocycles. The van der Waals surface area contributed by atoms with E-state index in [0.717, 1.165) is 18.6 Å². The van der Waals surface area contributed by atoms with Gasteiger partial charge in [-0.2, -0.15) is 13.2 Å². The Labute approximate surface area is 307 Å². The van der Waals surface area contributed by atoms with Gasteiger partial charge in [-0.1, -0.05) is 6.92 Å². The number of fused-ring (bicyclic) bond motifs is 1. The van der Waals surface area contributed by atoms with Gasteiger partial charge in [0.05, 0.1) is 43.1 Å². The number of halogens is 3. The molecule has 4 N–H and O–H groups in total. The van der Waals surface area contributed by atoms with Crippen LogP contribution in [0.15, 0.2) is 66.7 Å². The molecule has 12 nitrogen and oxygen atoms in total. The van der Waals surface area contributed by atoms with Crippen LogP contribution in [0.1, 0.15) is 56.0 Å². The Morgan fingerprint density at radius 1 is 0.981 bits per heavy atom. The van der Waals surface area contributed by atoms with Gasteiger partial charge in [0, 0.05) is 49.7 Å². The van der Waals surface area contributed by atoms with Crippen LogP contribution in [-0.4, -0.2) is 91.6 Å². The third-order valence-corrected chi connectivity index (χ3v) is 8.92. The summed E-state index contributed by atoms with van der Waals surface area (Å²) in [7, 11) is 3.10. The number of ether oxygens (including phenoxy) is 3. The molecule has 0 aliphatic carbocycles. The minimum Gasteiger partial charge on any atom is -0.497 e. The first kappa shape index (κ1) is 40.7. The van der Waals surface area contributed by atoms with Crippen molar-refractivity contribution in [3.8, 4) is 11.5 Å². The number of amides is 5. The van der Waals surface area contributed by atoms with Gasteiger partial charge in [-0.05, 0) is 99.8 Å². The number of alkyl halides is 3. The molecular formula is C38H48F3N5O7. The Morgan fingerprint density at radius 2 is 1.60 bits per heavy atom. The number of rotatable bonds is 8. The highest BCUT2D eigenvalue weighted by Gasteiger charge is 2.32. The number of nitrogens with one attached hydrogen (secondary N) is 3. The summed E-state index contributed by atoms with van der Waals surface area (Å²) < 4.78 is 56.7. The fourth-order valence-corrected chi connectivity index (χ4v) is 5.74. The zero-order chi connectivity index (χ0) is 38.7. The topological polar surface area (TPSA) is 142 Å². The van der Waals surface area contributed by atoms with E-state index in [4.69, 9.17) is 14.2 Å². The first-order valence-electron chi connectivity index (χ1n) is 17.4. The van der Waals surface area contributed by atoms with Crippen LogP contribution in [0.2, 0.25) is 0 Å². The molecule has 0 spiro atoms. The Bertz CT molecular complexity index is 1670. The van der Waals surface area contributed by atoms with Crippen LogP contribution in [-0.2, 0) is 10.9 Å². The van der Waals surface area contributed by atoms with Gasteiger partial charge in [-0.15, -0.1) is 0 Å². The van der Waals surface area contributed by atoms with Crippen LogP contribution in [0.5, 0.6) is 11.5 Å². The molecule has 0 saturated carbocycles. The van der Waals surface area contributed by atoms with Gasteiger partial charge in [-0.3, -0.25) is 4.79 Å². The van der Waals surface area contributed by atoms with Crippen molar-refractivity contribution in [2.45, 2.75) is 64.5 Å². The molecule has 0 saturated heterocycles. The molecule has 1 aliphatic rings. The molecule has 5 amide bonds. The van der Waals surface area contributed by atoms with E-state index in [9.17, 15) is 32.7 Å². The SMILES string of the molecule is COc1ccc(NC(=O)Nc2ccc3c(c2)C(=O)N([C@H](C)CO)C[C@H](C)[C@@H](CN(C)C(=O)Nc2ccc(C(F)(F)F)cc2)OCCCC[C@@H](C)O3)cc1. The number of likely N-dealkylation sites (N-methyl/N-ethyl adjacent to an activating group) is 1. The van der Waals surface area contributed by atoms with E-state index in [2.05, 4.69) is 16.0 Å². The van der Waals surface area contributed by atoms with Gasteiger partial charge in [0.25, 0.3) is 5.91 Å². The van der Waals surface area contributed by atoms with Gasteiger partial charge < -0.3 is 45.1 Å². The van der Waals surface area contributed by atoms with Gasteiger partial charge in [-0.25, -0.2) is 9.59 Å². The van der Waals surface area contributed by atoms with Gasteiger partial charge in [0.1, 0.15) is 11.5 Å². The Kier molecular flexibility index (Phi) is 14.3. The molecule has 0 bridgehead atoms. The molecular weight excluding hydrogens is 695 g/mol. The second kappa shape index (κ2) is 18.6. The molecule has 53 heavy (non-hydrogen) atoms. The van der Waals surface area contributed by atoms with Crippen LogP contribution < -0.4 is 25.4 Å². The van der Waals surface area contributed by atoms with Crippen molar-refractivity contribution in [3.63, 3.8) is 0 Å². The molecule has 3 aromatic rings. The second-order valence-corrected chi connectivity index (χ2v) is 13.2. The molecule has 0 unspecified atom stereocenters. The zero-order valence-electron chi connectivity index (χ0n) is 30.5. The van der Waals surface area contributed by atoms with Crippen molar-refractivity contribution >= 4 is 35.0 Å². The minimum atomic E-state index is -4.50. The molecule has 0 aromatic heterocycles. The smallest absolute Gasteiger partial charge is 0.416 e. The summed E-state index contributed by atoms with van der Waals surface area (Å²) in [6.07, 6.45) is -3.19. The Morgan fingerprint density at radius 3 is 2.25 bits per heavy atom. The molecule has 1 aliphatic heterocycles. The summed E-state index contributed by atoms with van der Waals surface area (Å²) in [4.78, 5) is 43.3. The average Bonchev–Trinajstić information content (AvgIpc) is 3.12. The van der Waals surface area contributed by atoms with Crippen molar-refractivity contribution in [2.75, 3.05) is 56.4 Å². The summed E-state index contributed by atoms with van der Waals surface area (Å²) in [5.74, 6) is 0.176. The monoisotopic (exact) mass is 743 g/mol. The van der Waals surface area contributed by atoms with E-state index in [1.54, 1.807) is 63.5 Å². The number of benzene rings is 3. The highest BCUT2D eigenvalue weighted by Crippen LogP contribution is 2.31. The lowest BCUT2D eigenvalue weighted by Crippen LogP contribution is -2.48. The minimum absolute atomic E-state index is 0.108. The molecule has 0 fully saturated rings. The third-order valence-electron chi connectivity index (χ3n) is 8.92. The van der Waals surface area contributed by atoms with E-state index >= 15 is 0 Å². The summed E-state index contributed by atoms with van der Waals surface area (Å²) >= 11 is 0. The maximum atomic E-state index is 14.4. The molecule has 3 aromatic carbocycles. The van der Waals surface area contributed by atoms with Gasteiger partial charge in [0.15, 0.2) is 0 Å². The van der Waals surface area contributed by atoms with Crippen LogP contribution in [0, 0.1) is 5.92 Å². The van der Waals surface area contributed by atoms with Gasteiger partial charge >= 0.3 is 18.2 Å². The highest BCUT2D eigenvalue weighted by molar-refractivity contribution is 6.02. The lowest BCUT2D eigenvalue weighted by molar-refractivity contribution is -0.137. The van der Waals surface area contributed by atoms with Crippen molar-refractivity contribution in [1.82, 2.24) is 9.80 Å². The fourth-order valence-electron chi connectivity index (χ4n) is 5.74. The zero-order valence-corrected chi connectivity index (χ0v) is 30.5. The molecule has 288 valence electrons. The fraction of sp³-hybridized carbons (Fsp3) is 0.447. The maximum Gasteiger partial charge on any atom is 0.416 e. The maximum absolute atomic E-state index is 14.4. The van der Waals surface area contributed by atoms with E-state index in [1.807, 2.05) is 13.8 Å². The number of aliphatic hydroxyl groups excluding tert-OH is 1. The predicted molar refractivity (Wildman–Crippen MR) is 196 cm³/mol. The lowest BCUT2D eigenvalue weighted by atomic mass is 10.0. The lowest BCUT2D eigenvalue weighted by Gasteiger charge is -2.35. The molecule has 15 heteroatoms. The normalized spacial score (nSPS) is 19.2. The summed E-state index contributed by atoms with van der Waals surface area (Å²) in [5.41, 5.74) is 0.436. The van der Waals surface area contributed by atoms with Crippen LogP contribution in [0.3, 0.4) is 0 Å². The molecule has 4 atom stereocenters. The number of nitrogens with zero attached hydrogens (tertiary/aromatic N) is 2. The Balaban J connectivity index is 1.54. The second-order valence-electron chi connectivity index (χ2n) is 13.2. The number of hydrogen-bond acceptors (Lipinski definition) is 7. The quantitative estimate of drug-likeness (QED) is 0.190. The molecule has 0 radical (unpaired) electrons. The highest BCUT2D eigenvalue weighted by atomic mass is 19.4. The van der Waals surface area contributed by atoms with Crippen molar-refractivity contribution in [3.05, 3.63) is 77.9 Å². The van der Waals surface area contributed by atoms with Crippen molar-refractivity contribution < 1.29 is 46.9 Å². The number of carbonyl (C=O) groups excluding carboxylic acids is 3. The van der Waals surface area contributed by atoms with Crippen LogP contribution >= 0.6 is 0 Å². The number of aliphatic hydroxyl groups is 1. The largest absolute Gasteiger partial charge is 0.497 e. The van der Waals surface area contributed by atoms with Crippen molar-refractivity contribution in [2.24, 2.45) is 5.92 Å². The number of methoxy groups -OCH3 is 1. The summed E-state index contributed by atoms with van der Waals surface area (Å²) in [5, 5.41) is 18.4. The standard InChI is InChI=1S/C38H48F3N5O7/c1-24-21-46(25(2)23-47)35(48)32-20-30(43-36(49)42-28-13-16-31(51-5)17-14-28)15-18-33(32)53-26(3)8-6-7-19-52-34(24)22-45(4)37(50)44-29-11-9-27(10-12-29)38(39,40)41/h9-18,20,24-26,34,47H,6-8,19,21-23H2,1-5H3,(H,44,50)(H2,42,43,49)/t24-,25+,26+,34+/m0/s1. The average molecular weight is 744 g/mol. The summed E-state index contributed by atoms with van der Waals surface area (Å²) in [6.45, 7) is 5.77. The number of urea groups is 2. The van der Waals surface area contributed by atoms with Crippen LogP contribution in [0.25, 0.3) is 0 Å². The summed E-state index contributed by atoms with van der Waals surface area (Å²) in [6, 6.07) is 14.1. The predicted octanol–water partition coefficient (Wildman–Crippen LogP) is 7.32. The van der Waals surface area contributed by atoms with E-state index < -0.39 is 41.9 Å². The third kappa shape index (κ3) is 11.7. The van der Waals surface area contributed by atoms with E-state index in [-0.39, 0.29) is 43.0 Å². The van der Waals surface area contributed by atoms with Crippen LogP contribution in [0.4, 0.5) is 39.8 Å².